The number of hydrogen-bond donors (Lipinski definition) is 0. The molecule has 11 heteroatoms. The normalized spacial score (nSPS) is 9.91. The van der Waals surface area contributed by atoms with E-state index in [1.807, 2.05) is 104 Å². The average Bonchev–Trinajstić information content (AvgIpc) is 3.31. The van der Waals surface area contributed by atoms with Gasteiger partial charge in [-0.25, -0.2) is 4.68 Å². The van der Waals surface area contributed by atoms with Crippen LogP contribution in [0.15, 0.2) is 116 Å². The summed E-state index contributed by atoms with van der Waals surface area (Å²) in [5.74, 6) is -0.674. The molecule has 0 saturated heterocycles. The van der Waals surface area contributed by atoms with Crippen LogP contribution in [0.25, 0.3) is 27.8 Å². The molecule has 6 aromatic rings. The molecule has 3 aromatic heterocycles. The van der Waals surface area contributed by atoms with E-state index >= 15 is 0 Å². The fraction of sp³-hybridized carbons (Fsp3) is 0.0625. The average molecular weight is 623 g/mol. The molecule has 3 aromatic carbocycles. The zero-order valence-corrected chi connectivity index (χ0v) is 24.0. The van der Waals surface area contributed by atoms with Gasteiger partial charge in [-0.05, 0) is 61.0 Å². The molecule has 0 saturated carbocycles. The topological polar surface area (TPSA) is 150 Å². The van der Waals surface area contributed by atoms with Crippen molar-refractivity contribution in [3.05, 3.63) is 153 Å². The molecule has 0 spiro atoms. The van der Waals surface area contributed by atoms with Gasteiger partial charge in [-0.15, -0.1) is 0 Å². The van der Waals surface area contributed by atoms with Crippen molar-refractivity contribution in [2.75, 3.05) is 0 Å². The van der Waals surface area contributed by atoms with Gasteiger partial charge in [0.05, 0.1) is 33.4 Å². The van der Waals surface area contributed by atoms with Crippen LogP contribution in [0.1, 0.15) is 27.2 Å². The zero-order chi connectivity index (χ0) is 30.1. The Morgan fingerprint density at radius 1 is 0.744 bits per heavy atom. The smallest absolute Gasteiger partial charge is 0.858 e. The Balaban J connectivity index is 0.000000248. The molecular formula is C32H25CuN5O5. The molecular weight excluding hydrogens is 598 g/mol. The summed E-state index contributed by atoms with van der Waals surface area (Å²) >= 11 is 0. The van der Waals surface area contributed by atoms with Crippen LogP contribution in [-0.2, 0) is 17.1 Å². The minimum atomic E-state index is -1.75. The molecule has 6 rings (SSSR count). The van der Waals surface area contributed by atoms with Crippen LogP contribution in [-0.4, -0.2) is 30.6 Å². The molecule has 0 aliphatic heterocycles. The van der Waals surface area contributed by atoms with Crippen molar-refractivity contribution in [3.63, 3.8) is 0 Å². The van der Waals surface area contributed by atoms with Gasteiger partial charge in [0, 0.05) is 23.8 Å². The Kier molecular flexibility index (Phi) is 11.2. The number of carbonyl (C=O) groups is 1. The van der Waals surface area contributed by atoms with Gasteiger partial charge in [-0.1, -0.05) is 72.3 Å². The SMILES string of the molecule is Cc1ccc(-n2nc(C)c(C(=O)c3cccc4ccccc34)c2[O-])cc1.O=[N+]([O-])[O-].[Cu+2].c1ccc(-c2ccccn2)nc1. The fourth-order valence-corrected chi connectivity index (χ4v) is 4.22. The Hall–Kier alpha value is -5.38. The molecule has 219 valence electrons. The number of aryl methyl sites for hydroxylation is 2. The number of fused-ring (bicyclic) bond motifs is 1. The van der Waals surface area contributed by atoms with Crippen molar-refractivity contribution in [1.82, 2.24) is 19.7 Å². The number of hydrogen-bond acceptors (Lipinski definition) is 8. The van der Waals surface area contributed by atoms with Crippen molar-refractivity contribution >= 4 is 16.6 Å². The number of aromatic nitrogens is 4. The summed E-state index contributed by atoms with van der Waals surface area (Å²) in [4.78, 5) is 29.8. The monoisotopic (exact) mass is 622 g/mol. The van der Waals surface area contributed by atoms with E-state index in [1.54, 1.807) is 25.4 Å². The molecule has 0 atom stereocenters. The third kappa shape index (κ3) is 8.10. The molecule has 0 amide bonds. The van der Waals surface area contributed by atoms with Crippen molar-refractivity contribution < 1.29 is 32.1 Å². The Labute approximate surface area is 257 Å². The van der Waals surface area contributed by atoms with Gasteiger partial charge in [0.2, 0.25) is 0 Å². The quantitative estimate of drug-likeness (QED) is 0.103. The number of rotatable bonds is 4. The summed E-state index contributed by atoms with van der Waals surface area (Å²) in [7, 11) is 0. The number of carbonyl (C=O) groups excluding carboxylic acids is 1. The predicted octanol–water partition coefficient (Wildman–Crippen LogP) is 5.85. The van der Waals surface area contributed by atoms with Crippen LogP contribution in [0, 0.1) is 29.2 Å². The second kappa shape index (κ2) is 15.0. The Bertz CT molecular complexity index is 1770. The summed E-state index contributed by atoms with van der Waals surface area (Å²) in [6.45, 7) is 3.68. The standard InChI is InChI=1S/C22H18N2O2.C10H8N2.Cu.NO3/c1-14-10-12-17(13-11-14)24-22(26)20(15(2)23-24)21(25)19-9-5-7-16-6-3-4-8-18(16)19;1-3-7-11-9(5-1)10-6-2-4-8-12-10;;2-1(3)4/h3-13,26H,1-2H3;1-8H;;/q;;+2;-1/p-1. The number of nitrogens with zero attached hydrogens (tertiary/aromatic N) is 5. The maximum absolute atomic E-state index is 13.1. The minimum Gasteiger partial charge on any atom is -0.858 e. The van der Waals surface area contributed by atoms with Crippen LogP contribution in [0.2, 0.25) is 0 Å². The van der Waals surface area contributed by atoms with E-state index in [0.29, 0.717) is 16.9 Å². The second-order valence-electron chi connectivity index (χ2n) is 9.02. The van der Waals surface area contributed by atoms with E-state index in [2.05, 4.69) is 15.1 Å². The molecule has 0 N–H and O–H groups in total. The zero-order valence-electron chi connectivity index (χ0n) is 23.0. The molecule has 3 heterocycles. The number of pyridine rings is 2. The van der Waals surface area contributed by atoms with Crippen LogP contribution in [0.4, 0.5) is 0 Å². The summed E-state index contributed by atoms with van der Waals surface area (Å²) in [6.07, 6.45) is 3.54. The summed E-state index contributed by atoms with van der Waals surface area (Å²) in [5.41, 5.74) is 4.66. The summed E-state index contributed by atoms with van der Waals surface area (Å²) in [6, 6.07) is 32.3. The molecule has 1 radical (unpaired) electrons. The largest absolute Gasteiger partial charge is 2.00 e. The summed E-state index contributed by atoms with van der Waals surface area (Å²) in [5, 5.41) is 33.8. The number of benzene rings is 3. The van der Waals surface area contributed by atoms with E-state index < -0.39 is 5.09 Å². The maximum atomic E-state index is 13.1. The Morgan fingerprint density at radius 2 is 1.28 bits per heavy atom. The van der Waals surface area contributed by atoms with E-state index in [1.165, 1.54) is 4.68 Å². The third-order valence-corrected chi connectivity index (χ3v) is 6.15. The van der Waals surface area contributed by atoms with Crippen molar-refractivity contribution in [2.24, 2.45) is 0 Å². The fourth-order valence-electron chi connectivity index (χ4n) is 4.22. The van der Waals surface area contributed by atoms with Crippen molar-refractivity contribution in [3.8, 4) is 23.0 Å². The molecule has 0 aliphatic carbocycles. The van der Waals surface area contributed by atoms with E-state index in [0.717, 1.165) is 27.7 Å². The van der Waals surface area contributed by atoms with Crippen LogP contribution in [0.5, 0.6) is 5.88 Å². The molecule has 0 bridgehead atoms. The number of ketones is 1. The molecule has 0 aliphatic rings. The maximum Gasteiger partial charge on any atom is 2.00 e. The van der Waals surface area contributed by atoms with E-state index in [-0.39, 0.29) is 34.3 Å². The Morgan fingerprint density at radius 3 is 1.84 bits per heavy atom. The van der Waals surface area contributed by atoms with Gasteiger partial charge in [0.25, 0.3) is 0 Å². The van der Waals surface area contributed by atoms with Crippen LogP contribution < -0.4 is 5.11 Å². The van der Waals surface area contributed by atoms with Gasteiger partial charge in [0.15, 0.2) is 5.78 Å². The first-order valence-electron chi connectivity index (χ1n) is 12.8. The van der Waals surface area contributed by atoms with Gasteiger partial charge in [-0.3, -0.25) is 14.8 Å². The van der Waals surface area contributed by atoms with E-state index in [4.69, 9.17) is 15.3 Å². The van der Waals surface area contributed by atoms with Crippen LogP contribution >= 0.6 is 0 Å². The first-order valence-corrected chi connectivity index (χ1v) is 12.8. The van der Waals surface area contributed by atoms with Gasteiger partial charge in [-0.2, -0.15) is 5.10 Å². The first kappa shape index (κ1) is 32.1. The van der Waals surface area contributed by atoms with Crippen LogP contribution in [0.3, 0.4) is 0 Å². The van der Waals surface area contributed by atoms with E-state index in [9.17, 15) is 9.90 Å². The molecule has 10 nitrogen and oxygen atoms in total. The summed E-state index contributed by atoms with van der Waals surface area (Å²) < 4.78 is 1.30. The molecule has 0 unspecified atom stereocenters. The third-order valence-electron chi connectivity index (χ3n) is 6.15. The molecule has 43 heavy (non-hydrogen) atoms. The van der Waals surface area contributed by atoms with Gasteiger partial charge in [0.1, 0.15) is 0 Å². The van der Waals surface area contributed by atoms with Gasteiger partial charge < -0.3 is 20.4 Å². The molecule has 0 fully saturated rings. The van der Waals surface area contributed by atoms with Crippen molar-refractivity contribution in [1.29, 1.82) is 0 Å². The van der Waals surface area contributed by atoms with Gasteiger partial charge >= 0.3 is 17.1 Å². The van der Waals surface area contributed by atoms with Crippen molar-refractivity contribution in [2.45, 2.75) is 13.8 Å². The second-order valence-corrected chi connectivity index (χ2v) is 9.02. The first-order chi connectivity index (χ1) is 20.3. The predicted molar refractivity (Wildman–Crippen MR) is 158 cm³/mol. The minimum absolute atomic E-state index is 0.